The first-order valence-corrected chi connectivity index (χ1v) is 8.34. The molecule has 0 spiro atoms. The summed E-state index contributed by atoms with van der Waals surface area (Å²) in [6, 6.07) is 0.250. The fourth-order valence-corrected chi connectivity index (χ4v) is 2.73. The molecule has 0 heterocycles. The summed E-state index contributed by atoms with van der Waals surface area (Å²) in [6.07, 6.45) is 1.57. The number of carboxylic acids is 1. The fraction of sp³-hybridized carbons (Fsp3) is 0.941. The number of hydrogen-bond acceptors (Lipinski definition) is 3. The molecule has 0 rings (SSSR count). The zero-order chi connectivity index (χ0) is 16.6. The molecule has 0 saturated heterocycles. The first kappa shape index (κ1) is 20.4. The molecular weight excluding hydrogens is 264 g/mol. The van der Waals surface area contributed by atoms with E-state index in [4.69, 9.17) is 0 Å². The van der Waals surface area contributed by atoms with E-state index >= 15 is 0 Å². The minimum Gasteiger partial charge on any atom is -0.480 e. The van der Waals surface area contributed by atoms with Crippen molar-refractivity contribution in [1.82, 2.24) is 10.2 Å². The Morgan fingerprint density at radius 2 is 1.62 bits per heavy atom. The normalized spacial score (nSPS) is 16.5. The van der Waals surface area contributed by atoms with E-state index in [1.54, 1.807) is 0 Å². The molecule has 0 amide bonds. The molecular formula is C17H36N2O2. The average molecular weight is 300 g/mol. The van der Waals surface area contributed by atoms with E-state index in [1.807, 2.05) is 6.92 Å². The molecule has 21 heavy (non-hydrogen) atoms. The van der Waals surface area contributed by atoms with Crippen molar-refractivity contribution in [3.8, 4) is 0 Å². The summed E-state index contributed by atoms with van der Waals surface area (Å²) in [4.78, 5) is 14.1. The number of aliphatic carboxylic acids is 1. The number of nitrogens with zero attached hydrogens (tertiary/aromatic N) is 1. The summed E-state index contributed by atoms with van der Waals surface area (Å²) in [7, 11) is 0. The quantitative estimate of drug-likeness (QED) is 0.615. The first-order chi connectivity index (χ1) is 9.62. The molecule has 4 heteroatoms. The van der Waals surface area contributed by atoms with Crippen molar-refractivity contribution in [2.75, 3.05) is 19.6 Å². The van der Waals surface area contributed by atoms with Crippen molar-refractivity contribution < 1.29 is 9.90 Å². The van der Waals surface area contributed by atoms with Crippen LogP contribution in [0.15, 0.2) is 0 Å². The Labute approximate surface area is 131 Å². The van der Waals surface area contributed by atoms with Crippen molar-refractivity contribution >= 4 is 5.97 Å². The topological polar surface area (TPSA) is 52.6 Å². The van der Waals surface area contributed by atoms with Crippen LogP contribution in [0.1, 0.15) is 61.3 Å². The maximum Gasteiger partial charge on any atom is 0.323 e. The monoisotopic (exact) mass is 300 g/mol. The fourth-order valence-electron chi connectivity index (χ4n) is 2.73. The summed E-state index contributed by atoms with van der Waals surface area (Å²) >= 11 is 0. The highest BCUT2D eigenvalue weighted by Crippen LogP contribution is 2.19. The Bertz CT molecular complexity index is 295. The Kier molecular flexibility index (Phi) is 9.14. The number of nitrogens with one attached hydrogen (secondary N) is 1. The molecule has 0 fully saturated rings. The second-order valence-electron chi connectivity index (χ2n) is 7.36. The third-order valence-electron chi connectivity index (χ3n) is 3.76. The lowest BCUT2D eigenvalue weighted by molar-refractivity contribution is -0.145. The van der Waals surface area contributed by atoms with Gasteiger partial charge in [-0.15, -0.1) is 0 Å². The van der Waals surface area contributed by atoms with Crippen LogP contribution in [0.2, 0.25) is 0 Å². The smallest absolute Gasteiger partial charge is 0.323 e. The van der Waals surface area contributed by atoms with Crippen LogP contribution >= 0.6 is 0 Å². The molecule has 0 aliphatic heterocycles. The van der Waals surface area contributed by atoms with Gasteiger partial charge in [0.25, 0.3) is 0 Å². The second-order valence-corrected chi connectivity index (χ2v) is 7.36. The van der Waals surface area contributed by atoms with Gasteiger partial charge in [-0.1, -0.05) is 34.6 Å². The van der Waals surface area contributed by atoms with Crippen LogP contribution in [0, 0.1) is 11.8 Å². The van der Waals surface area contributed by atoms with Crippen LogP contribution in [0.25, 0.3) is 0 Å². The maximum absolute atomic E-state index is 11.6. The van der Waals surface area contributed by atoms with Crippen molar-refractivity contribution in [3.63, 3.8) is 0 Å². The standard InChI is InChI=1S/C17H36N2O2/c1-8-9-18-17(7,16(20)21)10-15(6)19(11-13(2)3)12-14(4)5/h13-15,18H,8-12H2,1-7H3,(H,20,21). The molecule has 2 N–H and O–H groups in total. The maximum atomic E-state index is 11.6. The molecule has 126 valence electrons. The lowest BCUT2D eigenvalue weighted by Crippen LogP contribution is -2.54. The van der Waals surface area contributed by atoms with Gasteiger partial charge >= 0.3 is 5.97 Å². The summed E-state index contributed by atoms with van der Waals surface area (Å²) in [5.41, 5.74) is -0.846. The van der Waals surface area contributed by atoms with Crippen LogP contribution < -0.4 is 5.32 Å². The molecule has 0 aliphatic carbocycles. The Morgan fingerprint density at radius 3 is 1.95 bits per heavy atom. The van der Waals surface area contributed by atoms with Crippen molar-refractivity contribution in [2.24, 2.45) is 11.8 Å². The van der Waals surface area contributed by atoms with Gasteiger partial charge in [-0.05, 0) is 45.1 Å². The van der Waals surface area contributed by atoms with Gasteiger partial charge in [0, 0.05) is 19.1 Å². The molecule has 0 saturated carbocycles. The Morgan fingerprint density at radius 1 is 1.14 bits per heavy atom. The van der Waals surface area contributed by atoms with Crippen LogP contribution in [-0.2, 0) is 4.79 Å². The SMILES string of the molecule is CCCNC(C)(CC(C)N(CC(C)C)CC(C)C)C(=O)O. The summed E-state index contributed by atoms with van der Waals surface area (Å²) in [6.45, 7) is 17.6. The molecule has 4 nitrogen and oxygen atoms in total. The summed E-state index contributed by atoms with van der Waals surface area (Å²) < 4.78 is 0. The van der Waals surface area contributed by atoms with Gasteiger partial charge in [-0.3, -0.25) is 4.79 Å². The van der Waals surface area contributed by atoms with E-state index < -0.39 is 11.5 Å². The molecule has 2 atom stereocenters. The Balaban J connectivity index is 4.88. The number of carboxylic acid groups (broad SMARTS) is 1. The van der Waals surface area contributed by atoms with Gasteiger partial charge in [-0.2, -0.15) is 0 Å². The van der Waals surface area contributed by atoms with Crippen LogP contribution in [0.3, 0.4) is 0 Å². The van der Waals surface area contributed by atoms with Gasteiger partial charge in [0.15, 0.2) is 0 Å². The van der Waals surface area contributed by atoms with E-state index in [2.05, 4.69) is 51.8 Å². The summed E-state index contributed by atoms with van der Waals surface area (Å²) in [5, 5.41) is 12.8. The predicted octanol–water partition coefficient (Wildman–Crippen LogP) is 3.22. The van der Waals surface area contributed by atoms with E-state index in [0.717, 1.165) is 26.1 Å². The number of hydrogen-bond donors (Lipinski definition) is 2. The zero-order valence-electron chi connectivity index (χ0n) is 15.1. The zero-order valence-corrected chi connectivity index (χ0v) is 15.1. The van der Waals surface area contributed by atoms with E-state index in [0.29, 0.717) is 18.3 Å². The minimum absolute atomic E-state index is 0.250. The molecule has 0 aromatic carbocycles. The first-order valence-electron chi connectivity index (χ1n) is 8.34. The van der Waals surface area contributed by atoms with Crippen molar-refractivity contribution in [1.29, 1.82) is 0 Å². The van der Waals surface area contributed by atoms with Gasteiger partial charge < -0.3 is 15.3 Å². The third kappa shape index (κ3) is 7.82. The van der Waals surface area contributed by atoms with E-state index in [-0.39, 0.29) is 6.04 Å². The molecule has 0 radical (unpaired) electrons. The second kappa shape index (κ2) is 9.42. The van der Waals surface area contributed by atoms with E-state index in [1.165, 1.54) is 0 Å². The largest absolute Gasteiger partial charge is 0.480 e. The molecule has 0 aromatic rings. The lowest BCUT2D eigenvalue weighted by atomic mass is 9.92. The molecule has 0 aromatic heterocycles. The minimum atomic E-state index is -0.846. The summed E-state index contributed by atoms with van der Waals surface area (Å²) in [5.74, 6) is 0.425. The number of carbonyl (C=O) groups is 1. The van der Waals surface area contributed by atoms with Crippen molar-refractivity contribution in [3.05, 3.63) is 0 Å². The van der Waals surface area contributed by atoms with Gasteiger partial charge in [0.05, 0.1) is 0 Å². The average Bonchev–Trinajstić information content (AvgIpc) is 2.34. The Hall–Kier alpha value is -0.610. The van der Waals surface area contributed by atoms with Gasteiger partial charge in [0.1, 0.15) is 5.54 Å². The number of rotatable bonds is 11. The van der Waals surface area contributed by atoms with Crippen LogP contribution in [-0.4, -0.2) is 47.2 Å². The van der Waals surface area contributed by atoms with E-state index in [9.17, 15) is 9.90 Å². The van der Waals surface area contributed by atoms with Crippen LogP contribution in [0.5, 0.6) is 0 Å². The third-order valence-corrected chi connectivity index (χ3v) is 3.76. The predicted molar refractivity (Wildman–Crippen MR) is 89.7 cm³/mol. The molecule has 2 unspecified atom stereocenters. The highest BCUT2D eigenvalue weighted by atomic mass is 16.4. The van der Waals surface area contributed by atoms with Crippen LogP contribution in [0.4, 0.5) is 0 Å². The van der Waals surface area contributed by atoms with Gasteiger partial charge in [0.2, 0.25) is 0 Å². The van der Waals surface area contributed by atoms with Gasteiger partial charge in [-0.25, -0.2) is 0 Å². The molecule has 0 aliphatic rings. The molecule has 0 bridgehead atoms. The van der Waals surface area contributed by atoms with Crippen molar-refractivity contribution in [2.45, 2.75) is 72.9 Å². The highest BCUT2D eigenvalue weighted by molar-refractivity contribution is 5.78. The highest BCUT2D eigenvalue weighted by Gasteiger charge is 2.35. The lowest BCUT2D eigenvalue weighted by Gasteiger charge is -2.37.